The van der Waals surface area contributed by atoms with E-state index in [9.17, 15) is 4.79 Å². The van der Waals surface area contributed by atoms with Crippen molar-refractivity contribution in [3.63, 3.8) is 0 Å². The van der Waals surface area contributed by atoms with Crippen molar-refractivity contribution in [3.05, 3.63) is 43.0 Å². The van der Waals surface area contributed by atoms with Crippen LogP contribution in [0, 0.1) is 0 Å². The molecule has 134 valence electrons. The molecule has 9 heteroatoms. The summed E-state index contributed by atoms with van der Waals surface area (Å²) in [5, 5.41) is 2.75. The van der Waals surface area contributed by atoms with E-state index in [4.69, 9.17) is 15.2 Å². The Bertz CT molecular complexity index is 596. The Kier molecular flexibility index (Phi) is 10.8. The Labute approximate surface area is 153 Å². The average Bonchev–Trinajstić information content (AvgIpc) is 3.02. The number of para-hydroxylation sites is 2. The van der Waals surface area contributed by atoms with Gasteiger partial charge in [0.2, 0.25) is 5.91 Å². The third-order valence-electron chi connectivity index (χ3n) is 2.99. The Hall–Kier alpha value is -1.80. The Morgan fingerprint density at radius 2 is 2.12 bits per heavy atom. The van der Waals surface area contributed by atoms with Crippen LogP contribution in [0.5, 0.6) is 5.75 Å². The molecule has 0 spiro atoms. The van der Waals surface area contributed by atoms with Crippen molar-refractivity contribution in [3.8, 4) is 5.75 Å². The number of imidazole rings is 1. The molecule has 0 bridgehead atoms. The van der Waals surface area contributed by atoms with E-state index in [1.807, 2.05) is 22.9 Å². The van der Waals surface area contributed by atoms with Gasteiger partial charge in [0.05, 0.1) is 25.2 Å². The molecule has 1 aromatic carbocycles. The van der Waals surface area contributed by atoms with Crippen LogP contribution in [-0.4, -0.2) is 41.8 Å². The molecule has 3 N–H and O–H groups in total. The zero-order valence-corrected chi connectivity index (χ0v) is 14.9. The van der Waals surface area contributed by atoms with Crippen molar-refractivity contribution < 1.29 is 14.3 Å². The topological polar surface area (TPSA) is 91.4 Å². The van der Waals surface area contributed by atoms with Crippen molar-refractivity contribution in [2.75, 3.05) is 25.6 Å². The van der Waals surface area contributed by atoms with Crippen molar-refractivity contribution in [1.29, 1.82) is 0 Å². The molecule has 1 aromatic heterocycles. The van der Waals surface area contributed by atoms with Crippen LogP contribution in [0.1, 0.15) is 0 Å². The Morgan fingerprint density at radius 1 is 1.38 bits per heavy atom. The van der Waals surface area contributed by atoms with Crippen molar-refractivity contribution in [2.24, 2.45) is 5.73 Å². The lowest BCUT2D eigenvalue weighted by Gasteiger charge is -2.15. The molecule has 1 heterocycles. The summed E-state index contributed by atoms with van der Waals surface area (Å²) in [5.74, 6) is 0.285. The summed E-state index contributed by atoms with van der Waals surface area (Å²) >= 11 is 0. The fourth-order valence-electron chi connectivity index (χ4n) is 1.86. The number of nitrogens with two attached hydrogens (primary N) is 1. The number of rotatable bonds is 8. The molecule has 1 amide bonds. The van der Waals surface area contributed by atoms with Crippen LogP contribution in [0.3, 0.4) is 0 Å². The maximum atomic E-state index is 11.9. The molecule has 7 nitrogen and oxygen atoms in total. The highest BCUT2D eigenvalue weighted by molar-refractivity contribution is 5.96. The smallest absolute Gasteiger partial charge is 0.243 e. The Balaban J connectivity index is 0.00000264. The maximum absolute atomic E-state index is 11.9. The second kappa shape index (κ2) is 11.7. The number of amides is 1. The molecule has 0 aliphatic carbocycles. The first-order valence-electron chi connectivity index (χ1n) is 6.93. The number of nitrogens with zero attached hydrogens (tertiary/aromatic N) is 2. The molecule has 0 aliphatic rings. The van der Waals surface area contributed by atoms with Gasteiger partial charge >= 0.3 is 0 Å². The van der Waals surface area contributed by atoms with E-state index in [0.717, 1.165) is 0 Å². The number of carbonyl (C=O) groups is 1. The lowest BCUT2D eigenvalue weighted by atomic mass is 10.2. The van der Waals surface area contributed by atoms with E-state index in [1.54, 1.807) is 24.7 Å². The van der Waals surface area contributed by atoms with Crippen LogP contribution in [0.2, 0.25) is 0 Å². The number of nitrogens with one attached hydrogen (secondary N) is 1. The summed E-state index contributed by atoms with van der Waals surface area (Å²) in [6, 6.07) is 6.51. The summed E-state index contributed by atoms with van der Waals surface area (Å²) in [6.45, 7) is 1.30. The van der Waals surface area contributed by atoms with Gasteiger partial charge in [0, 0.05) is 19.5 Å². The van der Waals surface area contributed by atoms with Crippen molar-refractivity contribution in [2.45, 2.75) is 12.6 Å². The van der Waals surface area contributed by atoms with E-state index < -0.39 is 6.04 Å². The van der Waals surface area contributed by atoms with Crippen LogP contribution >= 0.6 is 24.8 Å². The van der Waals surface area contributed by atoms with Gasteiger partial charge in [-0.15, -0.1) is 24.8 Å². The predicted molar refractivity (Wildman–Crippen MR) is 97.1 cm³/mol. The van der Waals surface area contributed by atoms with E-state index in [2.05, 4.69) is 10.3 Å². The van der Waals surface area contributed by atoms with Gasteiger partial charge in [-0.05, 0) is 12.1 Å². The first-order chi connectivity index (χ1) is 10.7. The largest absolute Gasteiger partial charge is 0.490 e. The summed E-state index contributed by atoms with van der Waals surface area (Å²) in [4.78, 5) is 15.9. The zero-order chi connectivity index (χ0) is 15.8. The second-order valence-electron chi connectivity index (χ2n) is 4.70. The number of methoxy groups -OCH3 is 1. The number of halogens is 2. The second-order valence-corrected chi connectivity index (χ2v) is 4.70. The number of ether oxygens (including phenoxy) is 2. The summed E-state index contributed by atoms with van der Waals surface area (Å²) in [7, 11) is 1.50. The quantitative estimate of drug-likeness (QED) is 0.731. The van der Waals surface area contributed by atoms with Gasteiger partial charge in [0.25, 0.3) is 0 Å². The maximum Gasteiger partial charge on any atom is 0.243 e. The van der Waals surface area contributed by atoms with Gasteiger partial charge in [-0.2, -0.15) is 0 Å². The summed E-state index contributed by atoms with van der Waals surface area (Å²) in [6.07, 6.45) is 5.30. The van der Waals surface area contributed by atoms with Gasteiger partial charge in [-0.1, -0.05) is 12.1 Å². The molecule has 0 fully saturated rings. The lowest BCUT2D eigenvalue weighted by molar-refractivity contribution is -0.118. The van der Waals surface area contributed by atoms with Crippen LogP contribution in [0.15, 0.2) is 43.0 Å². The number of hydrogen-bond donors (Lipinski definition) is 2. The van der Waals surface area contributed by atoms with Crippen molar-refractivity contribution >= 4 is 36.4 Å². The molecule has 24 heavy (non-hydrogen) atoms. The summed E-state index contributed by atoms with van der Waals surface area (Å²) < 4.78 is 12.5. The molecule has 0 radical (unpaired) electrons. The zero-order valence-electron chi connectivity index (χ0n) is 13.3. The fourth-order valence-corrected chi connectivity index (χ4v) is 1.86. The molecule has 0 aliphatic heterocycles. The summed E-state index contributed by atoms with van der Waals surface area (Å²) in [5.41, 5.74) is 6.29. The minimum absolute atomic E-state index is 0. The monoisotopic (exact) mass is 376 g/mol. The molecule has 0 saturated carbocycles. The molecular formula is C15H22Cl2N4O3. The highest BCUT2D eigenvalue weighted by Crippen LogP contribution is 2.23. The first kappa shape index (κ1) is 22.2. The number of carbonyl (C=O) groups excluding carboxylic acids is 1. The fraction of sp³-hybridized carbons (Fsp3) is 0.333. The van der Waals surface area contributed by atoms with E-state index in [0.29, 0.717) is 24.6 Å². The highest BCUT2D eigenvalue weighted by atomic mass is 35.5. The highest BCUT2D eigenvalue weighted by Gasteiger charge is 2.15. The minimum atomic E-state index is -0.719. The van der Waals surface area contributed by atoms with Gasteiger partial charge < -0.3 is 25.1 Å². The number of anilines is 1. The van der Waals surface area contributed by atoms with Gasteiger partial charge in [-0.25, -0.2) is 4.98 Å². The molecule has 0 saturated heterocycles. The van der Waals surface area contributed by atoms with Crippen LogP contribution < -0.4 is 15.8 Å². The standard InChI is InChI=1S/C15H20N4O3.2ClH/c1-21-10-12(16)15(20)18-13-4-2-3-5-14(13)22-9-8-19-7-6-17-11-19;;/h2-7,11-12H,8-10,16H2,1H3,(H,18,20);2*1H. The van der Waals surface area contributed by atoms with Crippen LogP contribution in [0.25, 0.3) is 0 Å². The van der Waals surface area contributed by atoms with Gasteiger partial charge in [-0.3, -0.25) is 4.79 Å². The van der Waals surface area contributed by atoms with Crippen molar-refractivity contribution in [1.82, 2.24) is 9.55 Å². The third-order valence-corrected chi connectivity index (χ3v) is 2.99. The first-order valence-corrected chi connectivity index (χ1v) is 6.93. The molecule has 1 unspecified atom stereocenters. The number of hydrogen-bond acceptors (Lipinski definition) is 5. The molecule has 1 atom stereocenters. The number of aromatic nitrogens is 2. The van der Waals surface area contributed by atoms with E-state index >= 15 is 0 Å². The lowest BCUT2D eigenvalue weighted by Crippen LogP contribution is -2.39. The number of benzene rings is 1. The van der Waals surface area contributed by atoms with Gasteiger partial charge in [0.1, 0.15) is 18.4 Å². The predicted octanol–water partition coefficient (Wildman–Crippen LogP) is 1.72. The normalized spacial score (nSPS) is 10.9. The van der Waals surface area contributed by atoms with Gasteiger partial charge in [0.15, 0.2) is 0 Å². The molecular weight excluding hydrogens is 355 g/mol. The molecule has 2 aromatic rings. The van der Waals surface area contributed by atoms with Crippen LogP contribution in [0.4, 0.5) is 5.69 Å². The third kappa shape index (κ3) is 6.76. The van der Waals surface area contributed by atoms with Crippen LogP contribution in [-0.2, 0) is 16.1 Å². The minimum Gasteiger partial charge on any atom is -0.490 e. The SMILES string of the molecule is COCC(N)C(=O)Nc1ccccc1OCCn1ccnc1.Cl.Cl. The van der Waals surface area contributed by atoms with E-state index in [1.165, 1.54) is 7.11 Å². The average molecular weight is 377 g/mol. The molecule has 2 rings (SSSR count). The Morgan fingerprint density at radius 3 is 2.79 bits per heavy atom. The van der Waals surface area contributed by atoms with E-state index in [-0.39, 0.29) is 37.3 Å².